The van der Waals surface area contributed by atoms with E-state index in [9.17, 15) is 36.2 Å². The molecule has 5 nitrogen and oxygen atoms in total. The first-order valence-corrected chi connectivity index (χ1v) is 7.37. The van der Waals surface area contributed by atoms with Gasteiger partial charge in [0.1, 0.15) is 17.4 Å². The van der Waals surface area contributed by atoms with Crippen LogP contribution in [0.25, 0.3) is 5.76 Å². The average Bonchev–Trinajstić information content (AvgIpc) is 2.57. The Balaban J connectivity index is 3.60. The van der Waals surface area contributed by atoms with Gasteiger partial charge in [0, 0.05) is 6.21 Å². The summed E-state index contributed by atoms with van der Waals surface area (Å²) in [4.78, 5) is 15.0. The van der Waals surface area contributed by atoms with Crippen LogP contribution in [0.5, 0.6) is 5.75 Å². The van der Waals surface area contributed by atoms with Gasteiger partial charge >= 0.3 is 12.1 Å². The lowest BCUT2D eigenvalue weighted by Gasteiger charge is -2.13. The molecule has 1 aromatic carbocycles. The van der Waals surface area contributed by atoms with Crippen molar-refractivity contribution < 1.29 is 45.7 Å². The van der Waals surface area contributed by atoms with Crippen molar-refractivity contribution in [3.8, 4) is 5.75 Å². The van der Waals surface area contributed by atoms with Crippen molar-refractivity contribution in [3.05, 3.63) is 34.7 Å². The van der Waals surface area contributed by atoms with Gasteiger partial charge in [-0.15, -0.1) is 0 Å². The zero-order valence-electron chi connectivity index (χ0n) is 14.3. The molecule has 0 aliphatic rings. The molecule has 150 valence electrons. The van der Waals surface area contributed by atoms with Crippen molar-refractivity contribution in [2.45, 2.75) is 26.1 Å². The molecule has 0 amide bonds. The van der Waals surface area contributed by atoms with Crippen LogP contribution in [0.1, 0.15) is 19.4 Å². The highest BCUT2D eigenvalue weighted by atomic mass is 19.4. The summed E-state index contributed by atoms with van der Waals surface area (Å²) in [6, 6.07) is -2.05. The summed E-state index contributed by atoms with van der Waals surface area (Å²) >= 11 is 0. The Bertz CT molecular complexity index is 773. The van der Waals surface area contributed by atoms with Crippen molar-refractivity contribution >= 4 is 17.9 Å². The van der Waals surface area contributed by atoms with E-state index in [0.29, 0.717) is 13.1 Å². The van der Waals surface area contributed by atoms with E-state index in [-0.39, 0.29) is 12.7 Å². The summed E-state index contributed by atoms with van der Waals surface area (Å²) in [7, 11) is 0.824. The van der Waals surface area contributed by atoms with E-state index < -0.39 is 58.3 Å². The highest BCUT2D eigenvalue weighted by Gasteiger charge is 2.35. The third-order valence-electron chi connectivity index (χ3n) is 3.23. The second-order valence-corrected chi connectivity index (χ2v) is 5.05. The molecule has 27 heavy (non-hydrogen) atoms. The summed E-state index contributed by atoms with van der Waals surface area (Å²) in [6.45, 7) is 1.79. The van der Waals surface area contributed by atoms with Gasteiger partial charge in [0.05, 0.1) is 19.3 Å². The normalized spacial score (nSPS) is 14.1. The lowest BCUT2D eigenvalue weighted by Crippen LogP contribution is -2.24. The molecule has 0 radical (unpaired) electrons. The quantitative estimate of drug-likeness (QED) is 0.196. The van der Waals surface area contributed by atoms with Crippen molar-refractivity contribution in [1.29, 1.82) is 0 Å². The van der Waals surface area contributed by atoms with E-state index in [1.54, 1.807) is 0 Å². The number of methoxy groups -OCH3 is 1. The van der Waals surface area contributed by atoms with E-state index in [2.05, 4.69) is 14.5 Å². The molecule has 1 atom stereocenters. The van der Waals surface area contributed by atoms with Crippen LogP contribution in [0, 0.1) is 17.5 Å². The maximum atomic E-state index is 14.3. The molecule has 0 bridgehead atoms. The van der Waals surface area contributed by atoms with Crippen molar-refractivity contribution in [2.24, 2.45) is 4.99 Å². The fraction of sp³-hybridized carbons (Fsp3) is 0.375. The molecule has 0 unspecified atom stereocenters. The first-order chi connectivity index (χ1) is 12.4. The summed E-state index contributed by atoms with van der Waals surface area (Å²) in [5.74, 6) is -8.74. The standard InChI is InChI=1S/C16H15F6NO4/c1-4-27-15(25)9(6-23-7(2)16(20,21)22)13(24)8-5-10(17)12(19)14(26-3)11(8)18/h5-7,24H,4H2,1-3H3/b13-9-,23-6?/t7-/m0/s1. The molecule has 0 heterocycles. The first-order valence-electron chi connectivity index (χ1n) is 7.37. The second kappa shape index (κ2) is 8.78. The Hall–Kier alpha value is -2.72. The molecule has 0 saturated heterocycles. The average molecular weight is 399 g/mol. The van der Waals surface area contributed by atoms with Gasteiger partial charge in [-0.1, -0.05) is 0 Å². The third kappa shape index (κ3) is 5.14. The Morgan fingerprint density at radius 1 is 1.30 bits per heavy atom. The zero-order chi connectivity index (χ0) is 20.9. The molecule has 0 fully saturated rings. The number of alkyl halides is 3. The minimum atomic E-state index is -4.75. The number of carbonyl (C=O) groups excluding carboxylic acids is 1. The van der Waals surface area contributed by atoms with Gasteiger partial charge in [-0.05, 0) is 19.9 Å². The number of carbonyl (C=O) groups is 1. The van der Waals surface area contributed by atoms with Crippen LogP contribution >= 0.6 is 0 Å². The number of ether oxygens (including phenoxy) is 2. The van der Waals surface area contributed by atoms with E-state index in [1.165, 1.54) is 6.92 Å². The van der Waals surface area contributed by atoms with Gasteiger partial charge in [-0.3, -0.25) is 4.99 Å². The minimum absolute atomic E-state index is 0.211. The van der Waals surface area contributed by atoms with Crippen LogP contribution in [-0.4, -0.2) is 43.2 Å². The van der Waals surface area contributed by atoms with Gasteiger partial charge in [0.25, 0.3) is 0 Å². The summed E-state index contributed by atoms with van der Waals surface area (Å²) in [5, 5.41) is 10.1. The maximum Gasteiger partial charge on any atom is 0.410 e. The van der Waals surface area contributed by atoms with Crippen LogP contribution in [0.2, 0.25) is 0 Å². The van der Waals surface area contributed by atoms with Crippen molar-refractivity contribution in [1.82, 2.24) is 0 Å². The van der Waals surface area contributed by atoms with Gasteiger partial charge < -0.3 is 14.6 Å². The van der Waals surface area contributed by atoms with Gasteiger partial charge in [-0.25, -0.2) is 13.6 Å². The third-order valence-corrected chi connectivity index (χ3v) is 3.23. The molecular formula is C16H15F6NO4. The Labute approximate surface area is 149 Å². The van der Waals surface area contributed by atoms with Crippen LogP contribution in [0.3, 0.4) is 0 Å². The smallest absolute Gasteiger partial charge is 0.410 e. The number of aliphatic imine (C=N–C) groups is 1. The number of aliphatic hydroxyl groups is 1. The van der Waals surface area contributed by atoms with Crippen LogP contribution < -0.4 is 4.74 Å². The van der Waals surface area contributed by atoms with Crippen molar-refractivity contribution in [3.63, 3.8) is 0 Å². The monoisotopic (exact) mass is 399 g/mol. The molecule has 1 N–H and O–H groups in total. The lowest BCUT2D eigenvalue weighted by atomic mass is 10.1. The molecule has 0 saturated carbocycles. The van der Waals surface area contributed by atoms with Gasteiger partial charge in [-0.2, -0.15) is 17.6 Å². The molecule has 1 rings (SSSR count). The molecular weight excluding hydrogens is 384 g/mol. The largest absolute Gasteiger partial charge is 0.506 e. The predicted molar refractivity (Wildman–Crippen MR) is 83.1 cm³/mol. The highest BCUT2D eigenvalue weighted by molar-refractivity contribution is 6.15. The lowest BCUT2D eigenvalue weighted by molar-refractivity contribution is -0.143. The minimum Gasteiger partial charge on any atom is -0.506 e. The van der Waals surface area contributed by atoms with E-state index in [1.807, 2.05) is 0 Å². The predicted octanol–water partition coefficient (Wildman–Crippen LogP) is 3.97. The fourth-order valence-corrected chi connectivity index (χ4v) is 1.77. The number of benzene rings is 1. The number of hydrogen-bond donors (Lipinski definition) is 1. The van der Waals surface area contributed by atoms with Crippen molar-refractivity contribution in [2.75, 3.05) is 13.7 Å². The van der Waals surface area contributed by atoms with E-state index in [0.717, 1.165) is 7.11 Å². The van der Waals surface area contributed by atoms with E-state index >= 15 is 0 Å². The van der Waals surface area contributed by atoms with Gasteiger partial charge in [0.2, 0.25) is 5.82 Å². The Morgan fingerprint density at radius 2 is 1.89 bits per heavy atom. The van der Waals surface area contributed by atoms with Crippen LogP contribution in [-0.2, 0) is 9.53 Å². The number of aliphatic hydroxyl groups excluding tert-OH is 1. The first kappa shape index (κ1) is 22.3. The Morgan fingerprint density at radius 3 is 2.37 bits per heavy atom. The maximum absolute atomic E-state index is 14.3. The van der Waals surface area contributed by atoms with Crippen LogP contribution in [0.15, 0.2) is 16.6 Å². The summed E-state index contributed by atoms with van der Waals surface area (Å²) in [6.07, 6.45) is -4.43. The van der Waals surface area contributed by atoms with Gasteiger partial charge in [0.15, 0.2) is 17.4 Å². The number of esters is 1. The zero-order valence-corrected chi connectivity index (χ0v) is 14.3. The number of halogens is 6. The SMILES string of the molecule is CCOC(=O)/C(C=N[C@@H](C)C(F)(F)F)=C(\O)c1cc(F)c(F)c(OC)c1F. The number of nitrogens with zero attached hydrogens (tertiary/aromatic N) is 1. The summed E-state index contributed by atoms with van der Waals surface area (Å²) < 4.78 is 87.9. The Kier molecular flexibility index (Phi) is 7.26. The topological polar surface area (TPSA) is 68.1 Å². The molecule has 11 heteroatoms. The van der Waals surface area contributed by atoms with Crippen LogP contribution in [0.4, 0.5) is 26.3 Å². The highest BCUT2D eigenvalue weighted by Crippen LogP contribution is 2.31. The number of hydrogen-bond acceptors (Lipinski definition) is 5. The molecule has 1 aromatic rings. The summed E-state index contributed by atoms with van der Waals surface area (Å²) in [5.41, 5.74) is -2.01. The fourth-order valence-electron chi connectivity index (χ4n) is 1.77. The molecule has 0 aliphatic heterocycles. The molecule has 0 spiro atoms. The molecule has 0 aromatic heterocycles. The van der Waals surface area contributed by atoms with E-state index in [4.69, 9.17) is 0 Å². The molecule has 0 aliphatic carbocycles. The number of rotatable bonds is 6. The second-order valence-electron chi connectivity index (χ2n) is 5.05.